The average Bonchev–Trinajstić information content (AvgIpc) is 3.08. The molecule has 6 heteroatoms. The Balaban J connectivity index is 1.82. The van der Waals surface area contributed by atoms with Crippen molar-refractivity contribution in [2.75, 3.05) is 0 Å². The Hall–Kier alpha value is -3.54. The molecule has 0 fully saturated rings. The summed E-state index contributed by atoms with van der Waals surface area (Å²) in [6.45, 7) is 2.13. The largest absolute Gasteiger partial charge is 0.332 e. The molecule has 156 valence electrons. The molecule has 0 spiro atoms. The van der Waals surface area contributed by atoms with Crippen molar-refractivity contribution >= 4 is 17.3 Å². The molecule has 2 atom stereocenters. The van der Waals surface area contributed by atoms with E-state index in [1.54, 1.807) is 7.05 Å². The number of aliphatic imine (C=N–C) groups is 1. The molecule has 3 aromatic rings. The third-order valence-electron chi connectivity index (χ3n) is 6.46. The topological polar surface area (TPSA) is 73.4 Å². The molecule has 1 aromatic heterocycles. The van der Waals surface area contributed by atoms with E-state index >= 15 is 0 Å². The summed E-state index contributed by atoms with van der Waals surface area (Å²) in [5, 5.41) is 0. The molecular formula is C25H23N3O3. The highest BCUT2D eigenvalue weighted by Gasteiger charge is 2.47. The Labute approximate surface area is 179 Å². The zero-order valence-electron chi connectivity index (χ0n) is 17.8. The number of hydrogen-bond acceptors (Lipinski definition) is 4. The number of ketones is 1. The van der Waals surface area contributed by atoms with Gasteiger partial charge in [0.15, 0.2) is 5.78 Å². The van der Waals surface area contributed by atoms with Crippen LogP contribution in [-0.4, -0.2) is 20.6 Å². The van der Waals surface area contributed by atoms with Gasteiger partial charge in [0.05, 0.1) is 17.2 Å². The third-order valence-corrected chi connectivity index (χ3v) is 6.46. The number of Topliss-reactive ketones (excluding diaryl/α,β-unsaturated/α-hetero) is 1. The van der Waals surface area contributed by atoms with Gasteiger partial charge in [-0.05, 0) is 17.5 Å². The van der Waals surface area contributed by atoms with Crippen LogP contribution in [-0.2, 0) is 20.5 Å². The van der Waals surface area contributed by atoms with Crippen LogP contribution < -0.4 is 11.2 Å². The molecule has 0 saturated carbocycles. The van der Waals surface area contributed by atoms with Crippen LogP contribution in [0, 0.1) is 5.92 Å². The summed E-state index contributed by atoms with van der Waals surface area (Å²) >= 11 is 0. The molecule has 0 unspecified atom stereocenters. The lowest BCUT2D eigenvalue weighted by atomic mass is 9.76. The predicted molar refractivity (Wildman–Crippen MR) is 120 cm³/mol. The van der Waals surface area contributed by atoms with Gasteiger partial charge in [0.2, 0.25) is 0 Å². The van der Waals surface area contributed by atoms with Crippen LogP contribution in [0.15, 0.2) is 63.1 Å². The van der Waals surface area contributed by atoms with Gasteiger partial charge in [-0.2, -0.15) is 0 Å². The van der Waals surface area contributed by atoms with E-state index in [-0.39, 0.29) is 5.78 Å². The van der Waals surface area contributed by atoms with Crippen LogP contribution in [0.25, 0.3) is 0 Å². The molecule has 31 heavy (non-hydrogen) atoms. The van der Waals surface area contributed by atoms with Crippen LogP contribution >= 0.6 is 0 Å². The zero-order chi connectivity index (χ0) is 21.9. The molecule has 5 rings (SSSR count). The van der Waals surface area contributed by atoms with Crippen molar-refractivity contribution in [3.63, 3.8) is 0 Å². The van der Waals surface area contributed by atoms with Gasteiger partial charge < -0.3 is 0 Å². The highest BCUT2D eigenvalue weighted by Crippen LogP contribution is 2.46. The molecule has 0 N–H and O–H groups in total. The predicted octanol–water partition coefficient (Wildman–Crippen LogP) is 3.12. The maximum Gasteiger partial charge on any atom is 0.332 e. The van der Waals surface area contributed by atoms with Crippen LogP contribution in [0.5, 0.6) is 0 Å². The summed E-state index contributed by atoms with van der Waals surface area (Å²) in [6, 6.07) is 15.5. The second-order valence-corrected chi connectivity index (χ2v) is 8.30. The number of aryl methyl sites for hydroxylation is 1. The summed E-state index contributed by atoms with van der Waals surface area (Å²) in [5.41, 5.74) is 3.72. The van der Waals surface area contributed by atoms with Crippen molar-refractivity contribution in [2.45, 2.75) is 25.7 Å². The van der Waals surface area contributed by atoms with Crippen molar-refractivity contribution in [3.05, 3.63) is 97.2 Å². The van der Waals surface area contributed by atoms with Gasteiger partial charge in [0, 0.05) is 31.1 Å². The molecule has 2 heterocycles. The monoisotopic (exact) mass is 413 g/mol. The first-order valence-electron chi connectivity index (χ1n) is 10.5. The first-order chi connectivity index (χ1) is 14.9. The van der Waals surface area contributed by atoms with Crippen molar-refractivity contribution < 1.29 is 4.79 Å². The standard InChI is InChI=1S/C25H23N3O3/c1-4-7-14-10-12-15(13-11-14)18-19-21(16-8-5-6-9-17(16)22(19)29)26-23-20(18)24(30)28(3)25(31)27(23)2/h5-6,8-13,18-19H,4,7H2,1-3H3/t18-,19-/m1/s1. The summed E-state index contributed by atoms with van der Waals surface area (Å²) in [7, 11) is 3.09. The Bertz CT molecular complexity index is 1380. The molecule has 1 aliphatic carbocycles. The highest BCUT2D eigenvalue weighted by atomic mass is 16.2. The second kappa shape index (κ2) is 7.01. The van der Waals surface area contributed by atoms with Crippen LogP contribution in [0.4, 0.5) is 5.82 Å². The maximum atomic E-state index is 13.5. The Kier molecular flexibility index (Phi) is 4.39. The minimum atomic E-state index is -0.577. The van der Waals surface area contributed by atoms with Crippen molar-refractivity contribution in [3.8, 4) is 0 Å². The molecule has 0 radical (unpaired) electrons. The van der Waals surface area contributed by atoms with Crippen molar-refractivity contribution in [1.29, 1.82) is 0 Å². The number of hydrogen-bond donors (Lipinski definition) is 0. The number of benzene rings is 2. The Morgan fingerprint density at radius 1 is 0.871 bits per heavy atom. The summed E-state index contributed by atoms with van der Waals surface area (Å²) in [6.07, 6.45) is 2.01. The fourth-order valence-electron chi connectivity index (χ4n) is 4.91. The number of carbonyl (C=O) groups excluding carboxylic acids is 1. The van der Waals surface area contributed by atoms with Crippen molar-refractivity contribution in [2.24, 2.45) is 25.0 Å². The van der Waals surface area contributed by atoms with E-state index in [1.807, 2.05) is 36.4 Å². The average molecular weight is 413 g/mol. The molecule has 0 saturated heterocycles. The van der Waals surface area contributed by atoms with Gasteiger partial charge in [-0.15, -0.1) is 0 Å². The molecule has 2 aliphatic rings. The number of carbonyl (C=O) groups is 1. The Morgan fingerprint density at radius 2 is 1.55 bits per heavy atom. The van der Waals surface area contributed by atoms with E-state index in [2.05, 4.69) is 19.1 Å². The van der Waals surface area contributed by atoms with Gasteiger partial charge in [-0.1, -0.05) is 61.9 Å². The number of rotatable bonds is 3. The second-order valence-electron chi connectivity index (χ2n) is 8.30. The van der Waals surface area contributed by atoms with Crippen LogP contribution in [0.3, 0.4) is 0 Å². The smallest absolute Gasteiger partial charge is 0.293 e. The number of aromatic nitrogens is 2. The van der Waals surface area contributed by atoms with Gasteiger partial charge >= 0.3 is 5.69 Å². The van der Waals surface area contributed by atoms with E-state index < -0.39 is 23.1 Å². The lowest BCUT2D eigenvalue weighted by Crippen LogP contribution is -2.43. The molecular weight excluding hydrogens is 390 g/mol. The van der Waals surface area contributed by atoms with Crippen molar-refractivity contribution in [1.82, 2.24) is 9.13 Å². The molecule has 0 amide bonds. The lowest BCUT2D eigenvalue weighted by molar-refractivity contribution is 0.0953. The molecule has 1 aliphatic heterocycles. The molecule has 2 aromatic carbocycles. The van der Waals surface area contributed by atoms with E-state index in [0.29, 0.717) is 22.7 Å². The minimum absolute atomic E-state index is 0.0291. The third kappa shape index (κ3) is 2.71. The Morgan fingerprint density at radius 3 is 2.23 bits per heavy atom. The van der Waals surface area contributed by atoms with Crippen LogP contribution in [0.1, 0.15) is 51.9 Å². The normalized spacial score (nSPS) is 18.9. The number of nitrogens with zero attached hydrogens (tertiary/aromatic N) is 3. The summed E-state index contributed by atoms with van der Waals surface area (Å²) in [5.74, 6) is -0.763. The summed E-state index contributed by atoms with van der Waals surface area (Å²) < 4.78 is 2.51. The quantitative estimate of drug-likeness (QED) is 0.662. The zero-order valence-corrected chi connectivity index (χ0v) is 17.8. The van der Waals surface area contributed by atoms with E-state index in [4.69, 9.17) is 4.99 Å². The van der Waals surface area contributed by atoms with Gasteiger partial charge in [-0.3, -0.25) is 18.7 Å². The summed E-state index contributed by atoms with van der Waals surface area (Å²) in [4.78, 5) is 44.1. The van der Waals surface area contributed by atoms with E-state index in [1.165, 1.54) is 17.2 Å². The minimum Gasteiger partial charge on any atom is -0.293 e. The molecule has 6 nitrogen and oxygen atoms in total. The van der Waals surface area contributed by atoms with Gasteiger partial charge in [0.1, 0.15) is 5.82 Å². The lowest BCUT2D eigenvalue weighted by Gasteiger charge is -2.30. The first kappa shape index (κ1) is 19.4. The van der Waals surface area contributed by atoms with Crippen LogP contribution in [0.2, 0.25) is 0 Å². The van der Waals surface area contributed by atoms with Gasteiger partial charge in [-0.25, -0.2) is 9.79 Å². The molecule has 0 bridgehead atoms. The fraction of sp³-hybridized carbons (Fsp3) is 0.280. The highest BCUT2D eigenvalue weighted by molar-refractivity contribution is 6.30. The fourth-order valence-corrected chi connectivity index (χ4v) is 4.91. The van der Waals surface area contributed by atoms with E-state index in [0.717, 1.165) is 28.5 Å². The first-order valence-corrected chi connectivity index (χ1v) is 10.5. The maximum absolute atomic E-state index is 13.5. The van der Waals surface area contributed by atoms with Gasteiger partial charge in [0.25, 0.3) is 5.56 Å². The SMILES string of the molecule is CCCc1ccc([C@H]2c3c(n(C)c(=O)n(C)c3=O)N=C3c4ccccc4C(=O)[C@@H]32)cc1. The number of fused-ring (bicyclic) bond motifs is 4. The van der Waals surface area contributed by atoms with E-state index in [9.17, 15) is 14.4 Å².